The highest BCUT2D eigenvalue weighted by Crippen LogP contribution is 2.35. The Bertz CT molecular complexity index is 674. The van der Waals surface area contributed by atoms with E-state index in [1.807, 2.05) is 37.3 Å². The number of hydrogen-bond acceptors (Lipinski definition) is 4. The number of carbonyl (C=O) groups is 1. The first-order chi connectivity index (χ1) is 11.6. The van der Waals surface area contributed by atoms with Crippen molar-refractivity contribution >= 4 is 5.91 Å². The number of carbonyl (C=O) groups excluding carboxylic acids is 1. The second kappa shape index (κ2) is 7.20. The van der Waals surface area contributed by atoms with Crippen molar-refractivity contribution in [3.63, 3.8) is 0 Å². The molecule has 0 saturated carbocycles. The lowest BCUT2D eigenvalue weighted by atomic mass is 9.73. The van der Waals surface area contributed by atoms with Crippen molar-refractivity contribution in [3.05, 3.63) is 59.5 Å². The first-order valence-electron chi connectivity index (χ1n) is 8.28. The Kier molecular flexibility index (Phi) is 5.02. The van der Waals surface area contributed by atoms with Crippen molar-refractivity contribution in [1.82, 2.24) is 5.32 Å². The van der Waals surface area contributed by atoms with Gasteiger partial charge in [-0.05, 0) is 37.5 Å². The van der Waals surface area contributed by atoms with Crippen LogP contribution in [-0.4, -0.2) is 30.8 Å². The third-order valence-corrected chi connectivity index (χ3v) is 4.65. The number of furan rings is 1. The van der Waals surface area contributed by atoms with Gasteiger partial charge in [0.1, 0.15) is 17.6 Å². The zero-order valence-corrected chi connectivity index (χ0v) is 13.8. The van der Waals surface area contributed by atoms with Crippen LogP contribution in [0.5, 0.6) is 0 Å². The van der Waals surface area contributed by atoms with Crippen LogP contribution in [0.1, 0.15) is 36.0 Å². The van der Waals surface area contributed by atoms with Crippen molar-refractivity contribution in [2.75, 3.05) is 19.8 Å². The average molecular weight is 329 g/mol. The van der Waals surface area contributed by atoms with Gasteiger partial charge in [0, 0.05) is 13.2 Å². The van der Waals surface area contributed by atoms with Gasteiger partial charge in [0.15, 0.2) is 0 Å². The van der Waals surface area contributed by atoms with E-state index in [9.17, 15) is 9.90 Å². The van der Waals surface area contributed by atoms with E-state index in [1.54, 1.807) is 12.1 Å². The quantitative estimate of drug-likeness (QED) is 0.884. The molecule has 24 heavy (non-hydrogen) atoms. The van der Waals surface area contributed by atoms with E-state index in [2.05, 4.69) is 5.32 Å². The molecule has 5 heteroatoms. The molecule has 2 heterocycles. The van der Waals surface area contributed by atoms with Crippen LogP contribution in [0.4, 0.5) is 0 Å². The SMILES string of the molecule is Cc1ccc(C(O)CNC(=O)C2(c3ccccc3)CCOCC2)o1. The Morgan fingerprint density at radius 2 is 1.92 bits per heavy atom. The molecule has 0 aliphatic carbocycles. The fourth-order valence-electron chi connectivity index (χ4n) is 3.22. The van der Waals surface area contributed by atoms with Crippen molar-refractivity contribution in [2.24, 2.45) is 0 Å². The summed E-state index contributed by atoms with van der Waals surface area (Å²) in [6, 6.07) is 13.3. The van der Waals surface area contributed by atoms with Crippen LogP contribution in [0.15, 0.2) is 46.9 Å². The molecule has 3 rings (SSSR count). The minimum atomic E-state index is -0.852. The van der Waals surface area contributed by atoms with Gasteiger partial charge in [-0.3, -0.25) is 4.79 Å². The van der Waals surface area contributed by atoms with Crippen molar-refractivity contribution in [2.45, 2.75) is 31.3 Å². The maximum Gasteiger partial charge on any atom is 0.230 e. The largest absolute Gasteiger partial charge is 0.464 e. The lowest BCUT2D eigenvalue weighted by Crippen LogP contribution is -2.48. The smallest absolute Gasteiger partial charge is 0.230 e. The number of aryl methyl sites for hydroxylation is 1. The van der Waals surface area contributed by atoms with Gasteiger partial charge >= 0.3 is 0 Å². The number of nitrogens with one attached hydrogen (secondary N) is 1. The molecule has 1 amide bonds. The lowest BCUT2D eigenvalue weighted by Gasteiger charge is -2.36. The summed E-state index contributed by atoms with van der Waals surface area (Å²) in [6.45, 7) is 3.06. The molecule has 1 aliphatic rings. The van der Waals surface area contributed by atoms with Gasteiger partial charge in [0.25, 0.3) is 0 Å². The fourth-order valence-corrected chi connectivity index (χ4v) is 3.22. The Labute approximate surface area is 141 Å². The molecule has 1 aromatic heterocycles. The van der Waals surface area contributed by atoms with Gasteiger partial charge in [0.05, 0.1) is 12.0 Å². The van der Waals surface area contributed by atoms with Gasteiger partial charge < -0.3 is 19.6 Å². The standard InChI is InChI=1S/C19H23NO4/c1-14-7-8-17(24-14)16(21)13-20-18(22)19(9-11-23-12-10-19)15-5-3-2-4-6-15/h2-8,16,21H,9-13H2,1H3,(H,20,22). The van der Waals surface area contributed by atoms with Gasteiger partial charge in [-0.1, -0.05) is 30.3 Å². The van der Waals surface area contributed by atoms with Crippen molar-refractivity contribution in [1.29, 1.82) is 0 Å². The molecular formula is C19H23NO4. The van der Waals surface area contributed by atoms with Crippen molar-refractivity contribution in [3.8, 4) is 0 Å². The number of ether oxygens (including phenoxy) is 1. The molecule has 5 nitrogen and oxygen atoms in total. The Morgan fingerprint density at radius 1 is 1.21 bits per heavy atom. The summed E-state index contributed by atoms with van der Waals surface area (Å²) in [7, 11) is 0. The minimum Gasteiger partial charge on any atom is -0.464 e. The molecule has 2 aromatic rings. The molecule has 1 unspecified atom stereocenters. The number of aliphatic hydroxyl groups excluding tert-OH is 1. The maximum absolute atomic E-state index is 13.0. The zero-order chi connectivity index (χ0) is 17.0. The molecule has 1 aromatic carbocycles. The molecule has 1 atom stereocenters. The second-order valence-corrected chi connectivity index (χ2v) is 6.23. The topological polar surface area (TPSA) is 71.7 Å². The minimum absolute atomic E-state index is 0.0701. The molecule has 1 saturated heterocycles. The molecule has 0 bridgehead atoms. The van der Waals surface area contributed by atoms with E-state index in [4.69, 9.17) is 9.15 Å². The van der Waals surface area contributed by atoms with E-state index >= 15 is 0 Å². The number of aliphatic hydroxyl groups is 1. The highest BCUT2D eigenvalue weighted by Gasteiger charge is 2.41. The first kappa shape index (κ1) is 16.7. The van der Waals surface area contributed by atoms with E-state index in [0.717, 1.165) is 11.3 Å². The summed E-state index contributed by atoms with van der Waals surface area (Å²) in [5.41, 5.74) is 0.396. The third kappa shape index (κ3) is 3.37. The van der Waals surface area contributed by atoms with Crippen LogP contribution in [0.25, 0.3) is 0 Å². The van der Waals surface area contributed by atoms with Crippen LogP contribution in [0, 0.1) is 6.92 Å². The molecule has 0 radical (unpaired) electrons. The van der Waals surface area contributed by atoms with Crippen LogP contribution >= 0.6 is 0 Å². The maximum atomic E-state index is 13.0. The van der Waals surface area contributed by atoms with E-state index < -0.39 is 11.5 Å². The molecule has 2 N–H and O–H groups in total. The number of amides is 1. The summed E-state index contributed by atoms with van der Waals surface area (Å²) in [5.74, 6) is 1.13. The summed E-state index contributed by atoms with van der Waals surface area (Å²) in [5, 5.41) is 13.1. The number of rotatable bonds is 5. The highest BCUT2D eigenvalue weighted by atomic mass is 16.5. The van der Waals surface area contributed by atoms with Gasteiger partial charge in [0.2, 0.25) is 5.91 Å². The Hall–Kier alpha value is -2.11. The van der Waals surface area contributed by atoms with Gasteiger partial charge in [-0.15, -0.1) is 0 Å². The van der Waals surface area contributed by atoms with E-state index in [1.165, 1.54) is 0 Å². The predicted octanol–water partition coefficient (Wildman–Crippen LogP) is 2.49. The van der Waals surface area contributed by atoms with Crippen LogP contribution in [0.3, 0.4) is 0 Å². The summed E-state index contributed by atoms with van der Waals surface area (Å²) < 4.78 is 10.9. The van der Waals surface area contributed by atoms with E-state index in [-0.39, 0.29) is 12.5 Å². The third-order valence-electron chi connectivity index (χ3n) is 4.65. The Morgan fingerprint density at radius 3 is 2.54 bits per heavy atom. The molecule has 0 spiro atoms. The van der Waals surface area contributed by atoms with Gasteiger partial charge in [-0.2, -0.15) is 0 Å². The van der Waals surface area contributed by atoms with Crippen molar-refractivity contribution < 1.29 is 19.1 Å². The zero-order valence-electron chi connectivity index (χ0n) is 13.8. The van der Waals surface area contributed by atoms with E-state index in [0.29, 0.717) is 31.8 Å². The summed E-state index contributed by atoms with van der Waals surface area (Å²) in [6.07, 6.45) is 0.424. The lowest BCUT2D eigenvalue weighted by molar-refractivity contribution is -0.131. The molecule has 1 fully saturated rings. The monoisotopic (exact) mass is 329 g/mol. The summed E-state index contributed by atoms with van der Waals surface area (Å²) >= 11 is 0. The molecular weight excluding hydrogens is 306 g/mol. The predicted molar refractivity (Wildman–Crippen MR) is 89.6 cm³/mol. The average Bonchev–Trinajstić information content (AvgIpc) is 3.07. The Balaban J connectivity index is 1.72. The number of hydrogen-bond donors (Lipinski definition) is 2. The first-order valence-corrected chi connectivity index (χ1v) is 8.28. The van der Waals surface area contributed by atoms with Gasteiger partial charge in [-0.25, -0.2) is 0 Å². The van der Waals surface area contributed by atoms with Crippen LogP contribution < -0.4 is 5.32 Å². The number of benzene rings is 1. The highest BCUT2D eigenvalue weighted by molar-refractivity contribution is 5.88. The molecule has 128 valence electrons. The van der Waals surface area contributed by atoms with Crippen LogP contribution in [0.2, 0.25) is 0 Å². The summed E-state index contributed by atoms with van der Waals surface area (Å²) in [4.78, 5) is 13.0. The molecule has 1 aliphatic heterocycles. The second-order valence-electron chi connectivity index (χ2n) is 6.23. The normalized spacial score (nSPS) is 18.1. The fraction of sp³-hybridized carbons (Fsp3) is 0.421. The van der Waals surface area contributed by atoms with Crippen LogP contribution in [-0.2, 0) is 14.9 Å².